The van der Waals surface area contributed by atoms with Gasteiger partial charge in [0.25, 0.3) is 0 Å². The predicted molar refractivity (Wildman–Crippen MR) is 70.8 cm³/mol. The number of benzene rings is 1. The van der Waals surface area contributed by atoms with E-state index in [2.05, 4.69) is 15.9 Å². The zero-order chi connectivity index (χ0) is 13.4. The highest BCUT2D eigenvalue weighted by Crippen LogP contribution is 2.22. The van der Waals surface area contributed by atoms with Crippen LogP contribution in [0.3, 0.4) is 0 Å². The van der Waals surface area contributed by atoms with Crippen molar-refractivity contribution >= 4 is 28.2 Å². The summed E-state index contributed by atoms with van der Waals surface area (Å²) in [5, 5.41) is 0. The number of esters is 1. The van der Waals surface area contributed by atoms with E-state index in [9.17, 15) is 9.59 Å². The van der Waals surface area contributed by atoms with Crippen LogP contribution in [0.2, 0.25) is 0 Å². The fourth-order valence-electron chi connectivity index (χ4n) is 1.20. The minimum absolute atomic E-state index is 0.191. The molecule has 0 heterocycles. The van der Waals surface area contributed by atoms with Crippen LogP contribution in [0.4, 0.5) is 0 Å². The highest BCUT2D eigenvalue weighted by molar-refractivity contribution is 9.10. The Labute approximate surface area is 114 Å². The van der Waals surface area contributed by atoms with E-state index in [4.69, 9.17) is 9.47 Å². The van der Waals surface area contributed by atoms with Crippen LogP contribution in [0, 0.1) is 0 Å². The summed E-state index contributed by atoms with van der Waals surface area (Å²) in [4.78, 5) is 21.8. The van der Waals surface area contributed by atoms with Crippen molar-refractivity contribution in [1.29, 1.82) is 0 Å². The molecule has 1 aromatic rings. The molecule has 0 N–H and O–H groups in total. The average molecular weight is 313 g/mol. The lowest BCUT2D eigenvalue weighted by atomic mass is 10.2. The maximum absolute atomic E-state index is 11.0. The Balaban J connectivity index is 2.55. The first-order valence-corrected chi connectivity index (χ1v) is 6.17. The van der Waals surface area contributed by atoms with Crippen LogP contribution in [-0.4, -0.2) is 25.5 Å². The molecular formula is C13H13BrO4. The molecule has 0 unspecified atom stereocenters. The van der Waals surface area contributed by atoms with Gasteiger partial charge >= 0.3 is 5.97 Å². The smallest absolute Gasteiger partial charge is 0.330 e. The van der Waals surface area contributed by atoms with Crippen molar-refractivity contribution in [1.82, 2.24) is 0 Å². The predicted octanol–water partition coefficient (Wildman–Crippen LogP) is 2.76. The fraction of sp³-hybridized carbons (Fsp3) is 0.231. The zero-order valence-corrected chi connectivity index (χ0v) is 11.5. The Morgan fingerprint density at radius 2 is 2.22 bits per heavy atom. The van der Waals surface area contributed by atoms with Gasteiger partial charge in [-0.1, -0.05) is 15.9 Å². The molecule has 0 radical (unpaired) electrons. The van der Waals surface area contributed by atoms with Crippen molar-refractivity contribution in [3.8, 4) is 5.75 Å². The Bertz CT molecular complexity index is 454. The first-order valence-electron chi connectivity index (χ1n) is 5.38. The molecule has 0 aliphatic carbocycles. The first-order chi connectivity index (χ1) is 8.67. The molecule has 0 bridgehead atoms. The molecule has 0 aliphatic heterocycles. The minimum Gasteiger partial charge on any atom is -0.489 e. The first kappa shape index (κ1) is 14.4. The fourth-order valence-corrected chi connectivity index (χ4v) is 1.54. The maximum atomic E-state index is 11.0. The summed E-state index contributed by atoms with van der Waals surface area (Å²) in [6, 6.07) is 5.11. The third-order valence-corrected chi connectivity index (χ3v) is 2.47. The standard InChI is InChI=1S/C13H13BrO4/c1-2-17-13(16)4-3-7-18-12-8-11(14)6-5-10(12)9-15/h3-6,8-9H,2,7H2,1H3. The van der Waals surface area contributed by atoms with Crippen molar-refractivity contribution in [3.63, 3.8) is 0 Å². The van der Waals surface area contributed by atoms with Crippen LogP contribution < -0.4 is 4.74 Å². The Morgan fingerprint density at radius 3 is 2.89 bits per heavy atom. The van der Waals surface area contributed by atoms with E-state index < -0.39 is 5.97 Å². The lowest BCUT2D eigenvalue weighted by molar-refractivity contribution is -0.137. The summed E-state index contributed by atoms with van der Waals surface area (Å²) in [7, 11) is 0. The zero-order valence-electron chi connectivity index (χ0n) is 9.89. The van der Waals surface area contributed by atoms with E-state index in [1.54, 1.807) is 25.1 Å². The second-order valence-corrected chi connectivity index (χ2v) is 4.18. The number of aldehydes is 1. The molecule has 18 heavy (non-hydrogen) atoms. The summed E-state index contributed by atoms with van der Waals surface area (Å²) in [6.45, 7) is 2.27. The van der Waals surface area contributed by atoms with Crippen molar-refractivity contribution in [2.24, 2.45) is 0 Å². The van der Waals surface area contributed by atoms with Gasteiger partial charge in [0.05, 0.1) is 12.2 Å². The Morgan fingerprint density at radius 1 is 1.44 bits per heavy atom. The molecule has 0 aromatic heterocycles. The number of carbonyl (C=O) groups excluding carboxylic acids is 2. The number of hydrogen-bond donors (Lipinski definition) is 0. The molecule has 1 rings (SSSR count). The van der Waals surface area contributed by atoms with E-state index in [0.717, 1.165) is 10.8 Å². The molecule has 0 atom stereocenters. The van der Waals surface area contributed by atoms with Gasteiger partial charge in [-0.2, -0.15) is 0 Å². The maximum Gasteiger partial charge on any atom is 0.330 e. The average Bonchev–Trinajstić information content (AvgIpc) is 2.35. The third kappa shape index (κ3) is 4.71. The van der Waals surface area contributed by atoms with Crippen molar-refractivity contribution < 1.29 is 19.1 Å². The van der Waals surface area contributed by atoms with Gasteiger partial charge in [-0.15, -0.1) is 0 Å². The molecule has 0 saturated carbocycles. The molecule has 0 fully saturated rings. The van der Waals surface area contributed by atoms with Gasteiger partial charge in [0.1, 0.15) is 12.4 Å². The van der Waals surface area contributed by atoms with Crippen molar-refractivity contribution in [3.05, 3.63) is 40.4 Å². The molecule has 0 aliphatic rings. The van der Waals surface area contributed by atoms with Gasteiger partial charge in [0, 0.05) is 10.5 Å². The molecule has 0 amide bonds. The third-order valence-electron chi connectivity index (χ3n) is 1.98. The molecule has 0 spiro atoms. The van der Waals surface area contributed by atoms with Gasteiger partial charge in [-0.3, -0.25) is 4.79 Å². The van der Waals surface area contributed by atoms with Crippen molar-refractivity contribution in [2.75, 3.05) is 13.2 Å². The highest BCUT2D eigenvalue weighted by Gasteiger charge is 2.02. The SMILES string of the molecule is CCOC(=O)C=CCOc1cc(Br)ccc1C=O. The van der Waals surface area contributed by atoms with E-state index in [1.165, 1.54) is 12.2 Å². The van der Waals surface area contributed by atoms with Crippen molar-refractivity contribution in [2.45, 2.75) is 6.92 Å². The quantitative estimate of drug-likeness (QED) is 0.460. The van der Waals surface area contributed by atoms with Gasteiger partial charge in [0.2, 0.25) is 0 Å². The van der Waals surface area contributed by atoms with Gasteiger partial charge in [0.15, 0.2) is 6.29 Å². The Hall–Kier alpha value is -1.62. The van der Waals surface area contributed by atoms with Gasteiger partial charge in [-0.25, -0.2) is 4.79 Å². The Kier molecular flexibility index (Phi) is 6.14. The van der Waals surface area contributed by atoms with Crippen LogP contribution in [0.25, 0.3) is 0 Å². The van der Waals surface area contributed by atoms with Crippen LogP contribution >= 0.6 is 15.9 Å². The molecule has 96 valence electrons. The van der Waals surface area contributed by atoms with Gasteiger partial charge < -0.3 is 9.47 Å². The molecule has 0 saturated heterocycles. The van der Waals surface area contributed by atoms with E-state index >= 15 is 0 Å². The van der Waals surface area contributed by atoms with E-state index in [0.29, 0.717) is 17.9 Å². The molecule has 5 heteroatoms. The topological polar surface area (TPSA) is 52.6 Å². The van der Waals surface area contributed by atoms with Crippen LogP contribution in [0.15, 0.2) is 34.8 Å². The molecule has 4 nitrogen and oxygen atoms in total. The van der Waals surface area contributed by atoms with Crippen LogP contribution in [-0.2, 0) is 9.53 Å². The van der Waals surface area contributed by atoms with Crippen LogP contribution in [0.5, 0.6) is 5.75 Å². The number of carbonyl (C=O) groups is 2. The minimum atomic E-state index is -0.411. The largest absolute Gasteiger partial charge is 0.489 e. The summed E-state index contributed by atoms with van der Waals surface area (Å²) in [5.41, 5.74) is 0.461. The number of ether oxygens (including phenoxy) is 2. The summed E-state index contributed by atoms with van der Waals surface area (Å²) >= 11 is 3.29. The summed E-state index contributed by atoms with van der Waals surface area (Å²) in [6.07, 6.45) is 3.55. The monoisotopic (exact) mass is 312 g/mol. The number of halogens is 1. The second-order valence-electron chi connectivity index (χ2n) is 3.27. The lowest BCUT2D eigenvalue weighted by Crippen LogP contribution is -2.01. The lowest BCUT2D eigenvalue weighted by Gasteiger charge is -2.06. The van der Waals surface area contributed by atoms with E-state index in [1.807, 2.05) is 0 Å². The number of rotatable bonds is 6. The van der Waals surface area contributed by atoms with Gasteiger partial charge in [-0.05, 0) is 31.2 Å². The summed E-state index contributed by atoms with van der Waals surface area (Å²) < 4.78 is 10.9. The van der Waals surface area contributed by atoms with Crippen LogP contribution in [0.1, 0.15) is 17.3 Å². The number of hydrogen-bond acceptors (Lipinski definition) is 4. The molecular weight excluding hydrogens is 300 g/mol. The van der Waals surface area contributed by atoms with E-state index in [-0.39, 0.29) is 6.61 Å². The normalized spacial score (nSPS) is 10.3. The molecule has 1 aromatic carbocycles. The summed E-state index contributed by atoms with van der Waals surface area (Å²) in [5.74, 6) is 0.0545. The second kappa shape index (κ2) is 7.66. The highest BCUT2D eigenvalue weighted by atomic mass is 79.9.